The average molecular weight is 417 g/mol. The smallest absolute Gasteiger partial charge is 0.261 e. The van der Waals surface area contributed by atoms with Crippen molar-refractivity contribution in [1.29, 1.82) is 0 Å². The van der Waals surface area contributed by atoms with E-state index in [1.165, 1.54) is 23.3 Å². The molecule has 4 aromatic rings. The largest absolute Gasteiger partial charge is 0.496 e. The second kappa shape index (κ2) is 9.04. The first-order valence-corrected chi connectivity index (χ1v) is 9.45. The molecule has 0 unspecified atom stereocenters. The standard InChI is InChI=1S/C22H19N5O4/c1-30-18-9-5-2-6-15(18)12-31-21-10-19(23-13-24-21)26-20(28)11-27-14-25-17-8-4-3-7-16(17)22(27)29/h2-10,13-14H,11-12H2,1H3,(H,23,24,26,28). The first-order chi connectivity index (χ1) is 15.1. The van der Waals surface area contributed by atoms with Gasteiger partial charge in [0.1, 0.15) is 31.0 Å². The van der Waals surface area contributed by atoms with Crippen molar-refractivity contribution >= 4 is 22.6 Å². The topological polar surface area (TPSA) is 108 Å². The Balaban J connectivity index is 1.42. The molecule has 4 rings (SSSR count). The van der Waals surface area contributed by atoms with Gasteiger partial charge in [0.25, 0.3) is 5.56 Å². The molecule has 9 nitrogen and oxygen atoms in total. The van der Waals surface area contributed by atoms with Crippen molar-refractivity contribution in [2.45, 2.75) is 13.2 Å². The monoisotopic (exact) mass is 417 g/mol. The van der Waals surface area contributed by atoms with E-state index in [0.29, 0.717) is 22.5 Å². The number of nitrogens with one attached hydrogen (secondary N) is 1. The fraction of sp³-hybridized carbons (Fsp3) is 0.136. The lowest BCUT2D eigenvalue weighted by Gasteiger charge is -2.10. The molecule has 1 amide bonds. The molecule has 31 heavy (non-hydrogen) atoms. The first kappa shape index (κ1) is 20.0. The molecule has 0 aliphatic heterocycles. The number of fused-ring (bicyclic) bond motifs is 1. The third-order valence-electron chi connectivity index (χ3n) is 4.52. The van der Waals surface area contributed by atoms with E-state index >= 15 is 0 Å². The van der Waals surface area contributed by atoms with E-state index in [2.05, 4.69) is 20.3 Å². The van der Waals surface area contributed by atoms with E-state index in [-0.39, 0.29) is 24.5 Å². The molecule has 2 aromatic carbocycles. The number of para-hydroxylation sites is 2. The van der Waals surface area contributed by atoms with Crippen molar-refractivity contribution in [3.8, 4) is 11.6 Å². The van der Waals surface area contributed by atoms with E-state index in [9.17, 15) is 9.59 Å². The highest BCUT2D eigenvalue weighted by atomic mass is 16.5. The normalized spacial score (nSPS) is 10.6. The van der Waals surface area contributed by atoms with Crippen LogP contribution in [0.3, 0.4) is 0 Å². The molecule has 9 heteroatoms. The van der Waals surface area contributed by atoms with Crippen LogP contribution >= 0.6 is 0 Å². The van der Waals surface area contributed by atoms with Crippen LogP contribution in [0, 0.1) is 0 Å². The molecule has 2 aromatic heterocycles. The molecular weight excluding hydrogens is 398 g/mol. The van der Waals surface area contributed by atoms with Crippen LogP contribution in [0.25, 0.3) is 10.9 Å². The number of aromatic nitrogens is 4. The van der Waals surface area contributed by atoms with Gasteiger partial charge in [-0.15, -0.1) is 0 Å². The summed E-state index contributed by atoms with van der Waals surface area (Å²) in [6.07, 6.45) is 2.64. The van der Waals surface area contributed by atoms with Crippen molar-refractivity contribution in [2.75, 3.05) is 12.4 Å². The lowest BCUT2D eigenvalue weighted by molar-refractivity contribution is -0.116. The highest BCUT2D eigenvalue weighted by Gasteiger charge is 2.10. The van der Waals surface area contributed by atoms with Gasteiger partial charge in [-0.2, -0.15) is 0 Å². The van der Waals surface area contributed by atoms with Crippen LogP contribution in [0.2, 0.25) is 0 Å². The Bertz CT molecular complexity index is 1290. The van der Waals surface area contributed by atoms with E-state index in [0.717, 1.165) is 5.56 Å². The highest BCUT2D eigenvalue weighted by Crippen LogP contribution is 2.20. The molecule has 0 aliphatic rings. The second-order valence-electron chi connectivity index (χ2n) is 6.58. The van der Waals surface area contributed by atoms with Crippen molar-refractivity contribution in [3.63, 3.8) is 0 Å². The number of anilines is 1. The average Bonchev–Trinajstić information content (AvgIpc) is 2.80. The second-order valence-corrected chi connectivity index (χ2v) is 6.58. The number of rotatable bonds is 7. The fourth-order valence-electron chi connectivity index (χ4n) is 3.02. The summed E-state index contributed by atoms with van der Waals surface area (Å²) in [4.78, 5) is 37.3. The van der Waals surface area contributed by atoms with E-state index in [1.54, 1.807) is 31.4 Å². The summed E-state index contributed by atoms with van der Waals surface area (Å²) in [5, 5.41) is 3.10. The Morgan fingerprint density at radius 2 is 1.87 bits per heavy atom. The lowest BCUT2D eigenvalue weighted by atomic mass is 10.2. The Kier molecular flexibility index (Phi) is 5.84. The Hall–Kier alpha value is -4.27. The van der Waals surface area contributed by atoms with Gasteiger partial charge in [-0.05, 0) is 18.2 Å². The molecule has 1 N–H and O–H groups in total. The number of hydrogen-bond donors (Lipinski definition) is 1. The number of ether oxygens (including phenoxy) is 2. The number of nitrogens with zero attached hydrogens (tertiary/aromatic N) is 4. The zero-order chi connectivity index (χ0) is 21.6. The summed E-state index contributed by atoms with van der Waals surface area (Å²) in [6.45, 7) is 0.0463. The third kappa shape index (κ3) is 4.67. The van der Waals surface area contributed by atoms with E-state index in [1.807, 2.05) is 24.3 Å². The van der Waals surface area contributed by atoms with Gasteiger partial charge in [-0.3, -0.25) is 14.2 Å². The zero-order valence-corrected chi connectivity index (χ0v) is 16.7. The summed E-state index contributed by atoms with van der Waals surface area (Å²) in [6, 6.07) is 16.0. The summed E-state index contributed by atoms with van der Waals surface area (Å²) < 4.78 is 12.2. The molecule has 0 saturated heterocycles. The maximum atomic E-state index is 12.5. The van der Waals surface area contributed by atoms with Gasteiger partial charge in [-0.1, -0.05) is 30.3 Å². The van der Waals surface area contributed by atoms with Gasteiger partial charge in [0, 0.05) is 11.6 Å². The van der Waals surface area contributed by atoms with Crippen molar-refractivity contribution in [2.24, 2.45) is 0 Å². The van der Waals surface area contributed by atoms with Gasteiger partial charge in [0.2, 0.25) is 11.8 Å². The Morgan fingerprint density at radius 3 is 2.74 bits per heavy atom. The van der Waals surface area contributed by atoms with Crippen LogP contribution in [0.1, 0.15) is 5.56 Å². The van der Waals surface area contributed by atoms with E-state index in [4.69, 9.17) is 9.47 Å². The predicted molar refractivity (Wildman–Crippen MR) is 114 cm³/mol. The van der Waals surface area contributed by atoms with Gasteiger partial charge < -0.3 is 14.8 Å². The fourth-order valence-corrected chi connectivity index (χ4v) is 3.02. The lowest BCUT2D eigenvalue weighted by Crippen LogP contribution is -2.28. The first-order valence-electron chi connectivity index (χ1n) is 9.45. The van der Waals surface area contributed by atoms with Gasteiger partial charge in [0.15, 0.2) is 0 Å². The predicted octanol–water partition coefficient (Wildman–Crippen LogP) is 2.41. The third-order valence-corrected chi connectivity index (χ3v) is 4.52. The summed E-state index contributed by atoms with van der Waals surface area (Å²) >= 11 is 0. The van der Waals surface area contributed by atoms with Gasteiger partial charge >= 0.3 is 0 Å². The molecule has 0 bridgehead atoms. The maximum Gasteiger partial charge on any atom is 0.261 e. The number of methoxy groups -OCH3 is 1. The zero-order valence-electron chi connectivity index (χ0n) is 16.7. The summed E-state index contributed by atoms with van der Waals surface area (Å²) in [5.41, 5.74) is 1.15. The van der Waals surface area contributed by atoms with Gasteiger partial charge in [0.05, 0.1) is 24.3 Å². The van der Waals surface area contributed by atoms with Crippen LogP contribution in [0.15, 0.2) is 72.0 Å². The molecule has 2 heterocycles. The van der Waals surface area contributed by atoms with E-state index < -0.39 is 5.91 Å². The molecule has 0 fully saturated rings. The molecule has 0 saturated carbocycles. The van der Waals surface area contributed by atoms with Crippen LogP contribution in [0.4, 0.5) is 5.82 Å². The minimum atomic E-state index is -0.423. The number of benzene rings is 2. The van der Waals surface area contributed by atoms with Crippen LogP contribution in [-0.2, 0) is 17.9 Å². The van der Waals surface area contributed by atoms with Crippen LogP contribution < -0.4 is 20.3 Å². The number of hydrogen-bond acceptors (Lipinski definition) is 7. The molecule has 0 atom stereocenters. The minimum Gasteiger partial charge on any atom is -0.496 e. The van der Waals surface area contributed by atoms with Crippen molar-refractivity contribution < 1.29 is 14.3 Å². The summed E-state index contributed by atoms with van der Waals surface area (Å²) in [5.74, 6) is 0.839. The highest BCUT2D eigenvalue weighted by molar-refractivity contribution is 5.89. The molecule has 156 valence electrons. The molecule has 0 radical (unpaired) electrons. The molecule has 0 spiro atoms. The summed E-state index contributed by atoms with van der Waals surface area (Å²) in [7, 11) is 1.59. The minimum absolute atomic E-state index is 0.196. The Morgan fingerprint density at radius 1 is 1.06 bits per heavy atom. The number of carbonyl (C=O) groups excluding carboxylic acids is 1. The SMILES string of the molecule is COc1ccccc1COc1cc(NC(=O)Cn2cnc3ccccc3c2=O)ncn1. The van der Waals surface area contributed by atoms with Crippen LogP contribution in [-0.4, -0.2) is 32.5 Å². The van der Waals surface area contributed by atoms with Gasteiger partial charge in [-0.25, -0.2) is 15.0 Å². The number of carbonyl (C=O) groups is 1. The number of amides is 1. The quantitative estimate of drug-likeness (QED) is 0.492. The molecule has 0 aliphatic carbocycles. The van der Waals surface area contributed by atoms with Crippen molar-refractivity contribution in [3.05, 3.63) is 83.2 Å². The van der Waals surface area contributed by atoms with Crippen molar-refractivity contribution in [1.82, 2.24) is 19.5 Å². The Labute approximate surface area is 177 Å². The van der Waals surface area contributed by atoms with Crippen LogP contribution in [0.5, 0.6) is 11.6 Å². The molecular formula is C22H19N5O4. The maximum absolute atomic E-state index is 12.5.